The molecule has 0 spiro atoms. The topological polar surface area (TPSA) is 6.48 Å². The van der Waals surface area contributed by atoms with Crippen molar-refractivity contribution in [2.45, 2.75) is 58.0 Å². The summed E-state index contributed by atoms with van der Waals surface area (Å²) in [6.45, 7) is 10.2. The monoisotopic (exact) mass is 236 g/mol. The SMILES string of the molecule is CC(C)N1CC(C2CCN(C3CCC3)CC2)C1. The highest BCUT2D eigenvalue weighted by molar-refractivity contribution is 4.91. The van der Waals surface area contributed by atoms with Gasteiger partial charge < -0.3 is 9.80 Å². The zero-order valence-corrected chi connectivity index (χ0v) is 11.6. The minimum Gasteiger partial charge on any atom is -0.300 e. The van der Waals surface area contributed by atoms with Crippen LogP contribution in [0.2, 0.25) is 0 Å². The van der Waals surface area contributed by atoms with Crippen LogP contribution in [-0.2, 0) is 0 Å². The summed E-state index contributed by atoms with van der Waals surface area (Å²) in [5.41, 5.74) is 0. The predicted octanol–water partition coefficient (Wildman–Crippen LogP) is 2.59. The number of nitrogens with zero attached hydrogens (tertiary/aromatic N) is 2. The van der Waals surface area contributed by atoms with Crippen LogP contribution in [0.3, 0.4) is 0 Å². The maximum Gasteiger partial charge on any atom is 0.00952 e. The number of likely N-dealkylation sites (tertiary alicyclic amines) is 2. The maximum atomic E-state index is 2.78. The van der Waals surface area contributed by atoms with Gasteiger partial charge in [-0.3, -0.25) is 0 Å². The average Bonchev–Trinajstić information content (AvgIpc) is 2.15. The third-order valence-corrected chi connectivity index (χ3v) is 5.50. The van der Waals surface area contributed by atoms with Crippen molar-refractivity contribution in [1.29, 1.82) is 0 Å². The van der Waals surface area contributed by atoms with E-state index >= 15 is 0 Å². The molecule has 3 fully saturated rings. The Balaban J connectivity index is 1.40. The van der Waals surface area contributed by atoms with E-state index in [0.717, 1.165) is 23.9 Å². The Hall–Kier alpha value is -0.0800. The third-order valence-electron chi connectivity index (χ3n) is 5.50. The normalized spacial score (nSPS) is 30.5. The molecule has 3 aliphatic rings. The summed E-state index contributed by atoms with van der Waals surface area (Å²) in [5, 5.41) is 0. The van der Waals surface area contributed by atoms with E-state index in [1.54, 1.807) is 0 Å². The lowest BCUT2D eigenvalue weighted by molar-refractivity contribution is -0.00388. The second kappa shape index (κ2) is 4.89. The number of rotatable bonds is 3. The van der Waals surface area contributed by atoms with E-state index in [4.69, 9.17) is 0 Å². The molecule has 17 heavy (non-hydrogen) atoms. The summed E-state index contributed by atoms with van der Waals surface area (Å²) in [6, 6.07) is 1.74. The van der Waals surface area contributed by atoms with E-state index in [2.05, 4.69) is 23.6 Å². The minimum absolute atomic E-state index is 0.765. The first-order chi connectivity index (χ1) is 8.24. The first kappa shape index (κ1) is 12.0. The van der Waals surface area contributed by atoms with Crippen LogP contribution in [0.15, 0.2) is 0 Å². The van der Waals surface area contributed by atoms with Crippen molar-refractivity contribution < 1.29 is 0 Å². The van der Waals surface area contributed by atoms with Gasteiger partial charge in [-0.05, 0) is 64.5 Å². The van der Waals surface area contributed by atoms with E-state index in [0.29, 0.717) is 0 Å². The number of piperidine rings is 1. The summed E-state index contributed by atoms with van der Waals surface area (Å²) in [5.74, 6) is 2.07. The fraction of sp³-hybridized carbons (Fsp3) is 1.00. The van der Waals surface area contributed by atoms with Crippen LogP contribution in [0, 0.1) is 11.8 Å². The molecule has 2 nitrogen and oxygen atoms in total. The maximum absolute atomic E-state index is 2.78. The van der Waals surface area contributed by atoms with Gasteiger partial charge in [-0.1, -0.05) is 6.42 Å². The zero-order chi connectivity index (χ0) is 11.8. The molecule has 0 N–H and O–H groups in total. The van der Waals surface area contributed by atoms with Gasteiger partial charge in [-0.15, -0.1) is 0 Å². The Morgan fingerprint density at radius 2 is 1.53 bits per heavy atom. The van der Waals surface area contributed by atoms with Gasteiger partial charge in [0.1, 0.15) is 0 Å². The van der Waals surface area contributed by atoms with Crippen molar-refractivity contribution >= 4 is 0 Å². The molecule has 2 heterocycles. The minimum atomic E-state index is 0.765. The van der Waals surface area contributed by atoms with Gasteiger partial charge in [0, 0.05) is 25.2 Å². The van der Waals surface area contributed by atoms with Crippen LogP contribution in [-0.4, -0.2) is 48.1 Å². The molecule has 2 saturated heterocycles. The van der Waals surface area contributed by atoms with Crippen molar-refractivity contribution in [3.8, 4) is 0 Å². The summed E-state index contributed by atoms with van der Waals surface area (Å²) >= 11 is 0. The zero-order valence-electron chi connectivity index (χ0n) is 11.6. The molecule has 0 radical (unpaired) electrons. The van der Waals surface area contributed by atoms with Crippen LogP contribution < -0.4 is 0 Å². The summed E-state index contributed by atoms with van der Waals surface area (Å²) in [6.07, 6.45) is 7.40. The fourth-order valence-corrected chi connectivity index (χ4v) is 3.78. The molecule has 3 rings (SSSR count). The molecule has 0 aromatic rings. The second-order valence-corrected chi connectivity index (χ2v) is 6.77. The first-order valence-electron chi connectivity index (χ1n) is 7.72. The van der Waals surface area contributed by atoms with Gasteiger partial charge in [0.25, 0.3) is 0 Å². The van der Waals surface area contributed by atoms with Gasteiger partial charge in [0.2, 0.25) is 0 Å². The molecule has 1 aliphatic carbocycles. The fourth-order valence-electron chi connectivity index (χ4n) is 3.78. The molecular weight excluding hydrogens is 208 g/mol. The Morgan fingerprint density at radius 3 is 2.00 bits per heavy atom. The third kappa shape index (κ3) is 2.39. The van der Waals surface area contributed by atoms with Gasteiger partial charge in [0.05, 0.1) is 0 Å². The largest absolute Gasteiger partial charge is 0.300 e. The van der Waals surface area contributed by atoms with Gasteiger partial charge >= 0.3 is 0 Å². The van der Waals surface area contributed by atoms with Crippen LogP contribution in [0.4, 0.5) is 0 Å². The van der Waals surface area contributed by atoms with Crippen LogP contribution >= 0.6 is 0 Å². The highest BCUT2D eigenvalue weighted by Gasteiger charge is 2.37. The van der Waals surface area contributed by atoms with E-state index < -0.39 is 0 Å². The molecular formula is C15H28N2. The van der Waals surface area contributed by atoms with E-state index in [-0.39, 0.29) is 0 Å². The molecule has 0 unspecified atom stereocenters. The Kier molecular flexibility index (Phi) is 3.45. The molecule has 0 amide bonds. The van der Waals surface area contributed by atoms with Crippen molar-refractivity contribution in [3.63, 3.8) is 0 Å². The quantitative estimate of drug-likeness (QED) is 0.743. The van der Waals surface area contributed by atoms with Gasteiger partial charge in [-0.25, -0.2) is 0 Å². The molecule has 0 atom stereocenters. The Labute approximate surface area is 106 Å². The number of hydrogen-bond acceptors (Lipinski definition) is 2. The molecule has 1 saturated carbocycles. The van der Waals surface area contributed by atoms with E-state index in [1.807, 2.05) is 0 Å². The predicted molar refractivity (Wildman–Crippen MR) is 72.1 cm³/mol. The van der Waals surface area contributed by atoms with Crippen molar-refractivity contribution in [2.75, 3.05) is 26.2 Å². The lowest BCUT2D eigenvalue weighted by Crippen LogP contribution is -2.55. The van der Waals surface area contributed by atoms with Crippen LogP contribution in [0.1, 0.15) is 46.0 Å². The first-order valence-corrected chi connectivity index (χ1v) is 7.72. The Bertz CT molecular complexity index is 246. The van der Waals surface area contributed by atoms with Crippen LogP contribution in [0.5, 0.6) is 0 Å². The van der Waals surface area contributed by atoms with Crippen LogP contribution in [0.25, 0.3) is 0 Å². The van der Waals surface area contributed by atoms with Gasteiger partial charge in [-0.2, -0.15) is 0 Å². The summed E-state index contributed by atoms with van der Waals surface area (Å²) < 4.78 is 0. The highest BCUT2D eigenvalue weighted by Crippen LogP contribution is 2.35. The lowest BCUT2D eigenvalue weighted by atomic mass is 9.78. The highest BCUT2D eigenvalue weighted by atomic mass is 15.2. The van der Waals surface area contributed by atoms with E-state index in [9.17, 15) is 0 Å². The standard InChI is InChI=1S/C15H28N2/c1-12(2)17-10-14(11-17)13-6-8-16(9-7-13)15-4-3-5-15/h12-15H,3-11H2,1-2H3. The molecule has 0 bridgehead atoms. The smallest absolute Gasteiger partial charge is 0.00952 e. The van der Waals surface area contributed by atoms with Crippen molar-refractivity contribution in [2.24, 2.45) is 11.8 Å². The van der Waals surface area contributed by atoms with E-state index in [1.165, 1.54) is 58.3 Å². The lowest BCUT2D eigenvalue weighted by Gasteiger charge is -2.49. The molecule has 98 valence electrons. The molecule has 0 aromatic heterocycles. The molecule has 2 aliphatic heterocycles. The summed E-state index contributed by atoms with van der Waals surface area (Å²) in [7, 11) is 0. The molecule has 2 heteroatoms. The summed E-state index contributed by atoms with van der Waals surface area (Å²) in [4.78, 5) is 5.40. The Morgan fingerprint density at radius 1 is 0.882 bits per heavy atom. The number of hydrogen-bond donors (Lipinski definition) is 0. The van der Waals surface area contributed by atoms with Crippen molar-refractivity contribution in [3.05, 3.63) is 0 Å². The van der Waals surface area contributed by atoms with Gasteiger partial charge in [0.15, 0.2) is 0 Å². The van der Waals surface area contributed by atoms with Crippen molar-refractivity contribution in [1.82, 2.24) is 9.80 Å². The molecule has 0 aromatic carbocycles. The average molecular weight is 236 g/mol. The second-order valence-electron chi connectivity index (χ2n) is 6.77.